The first-order chi connectivity index (χ1) is 12.6. The van der Waals surface area contributed by atoms with E-state index < -0.39 is 0 Å². The fourth-order valence-electron chi connectivity index (χ4n) is 2.25. The number of carbonyl (C=O) groups excluding carboxylic acids is 1. The van der Waals surface area contributed by atoms with Crippen LogP contribution in [0.25, 0.3) is 11.6 Å². The van der Waals surface area contributed by atoms with Crippen LogP contribution in [-0.2, 0) is 17.8 Å². The lowest BCUT2D eigenvalue weighted by Gasteiger charge is -2.11. The number of anilines is 1. The van der Waals surface area contributed by atoms with Gasteiger partial charge < -0.3 is 4.42 Å². The number of rotatable bonds is 8. The standard InChI is InChI=1S/C16H20N6O2S2/c1-4-13-18-20-15(26-13)17-12(23)9-25-16-21-19-14(11-6-5-7-24-11)22(16)8-10(2)3/h5-7,10H,4,8-9H2,1-3H3,(H,17,20,23). The number of nitrogens with one attached hydrogen (secondary N) is 1. The number of nitrogens with zero attached hydrogens (tertiary/aromatic N) is 5. The Balaban J connectivity index is 1.68. The number of thioether (sulfide) groups is 1. The van der Waals surface area contributed by atoms with Crippen molar-refractivity contribution in [3.63, 3.8) is 0 Å². The molecule has 0 radical (unpaired) electrons. The molecule has 0 aromatic carbocycles. The third-order valence-corrected chi connectivity index (χ3v) is 5.30. The number of aromatic nitrogens is 5. The number of carbonyl (C=O) groups is 1. The zero-order chi connectivity index (χ0) is 18.5. The van der Waals surface area contributed by atoms with Crippen molar-refractivity contribution < 1.29 is 9.21 Å². The average molecular weight is 393 g/mol. The summed E-state index contributed by atoms with van der Waals surface area (Å²) in [6.07, 6.45) is 2.41. The topological polar surface area (TPSA) is 98.7 Å². The third-order valence-electron chi connectivity index (χ3n) is 3.35. The molecule has 3 heterocycles. The molecule has 0 aliphatic heterocycles. The van der Waals surface area contributed by atoms with Crippen LogP contribution in [0.15, 0.2) is 28.0 Å². The Kier molecular flexibility index (Phi) is 6.04. The minimum Gasteiger partial charge on any atom is -0.461 e. The van der Waals surface area contributed by atoms with Gasteiger partial charge in [0, 0.05) is 6.54 Å². The lowest BCUT2D eigenvalue weighted by Crippen LogP contribution is -2.15. The second kappa shape index (κ2) is 8.45. The van der Waals surface area contributed by atoms with E-state index in [2.05, 4.69) is 39.6 Å². The van der Waals surface area contributed by atoms with E-state index in [1.807, 2.05) is 23.6 Å². The summed E-state index contributed by atoms with van der Waals surface area (Å²) in [7, 11) is 0. The van der Waals surface area contributed by atoms with Crippen molar-refractivity contribution in [3.05, 3.63) is 23.4 Å². The first-order valence-electron chi connectivity index (χ1n) is 8.29. The van der Waals surface area contributed by atoms with Crippen LogP contribution in [0.5, 0.6) is 0 Å². The van der Waals surface area contributed by atoms with Crippen molar-refractivity contribution in [1.82, 2.24) is 25.0 Å². The number of amides is 1. The maximum absolute atomic E-state index is 12.2. The highest BCUT2D eigenvalue weighted by Crippen LogP contribution is 2.25. The van der Waals surface area contributed by atoms with Crippen LogP contribution in [0, 0.1) is 5.92 Å². The number of hydrogen-bond acceptors (Lipinski definition) is 8. The minimum absolute atomic E-state index is 0.146. The van der Waals surface area contributed by atoms with Crippen molar-refractivity contribution >= 4 is 34.1 Å². The summed E-state index contributed by atoms with van der Waals surface area (Å²) in [4.78, 5) is 12.2. The summed E-state index contributed by atoms with van der Waals surface area (Å²) in [6.45, 7) is 6.98. The molecule has 26 heavy (non-hydrogen) atoms. The van der Waals surface area contributed by atoms with Gasteiger partial charge in [0.05, 0.1) is 12.0 Å². The number of furan rings is 1. The molecule has 138 valence electrons. The quantitative estimate of drug-likeness (QED) is 0.587. The zero-order valence-corrected chi connectivity index (χ0v) is 16.4. The predicted octanol–water partition coefficient (Wildman–Crippen LogP) is 3.34. The molecular weight excluding hydrogens is 372 g/mol. The molecule has 0 aliphatic carbocycles. The van der Waals surface area contributed by atoms with Gasteiger partial charge in [0.25, 0.3) is 0 Å². The molecule has 3 aromatic heterocycles. The van der Waals surface area contributed by atoms with Gasteiger partial charge in [-0.05, 0) is 24.5 Å². The highest BCUT2D eigenvalue weighted by atomic mass is 32.2. The molecule has 0 unspecified atom stereocenters. The largest absolute Gasteiger partial charge is 0.461 e. The monoisotopic (exact) mass is 392 g/mol. The van der Waals surface area contributed by atoms with Crippen molar-refractivity contribution in [1.29, 1.82) is 0 Å². The lowest BCUT2D eigenvalue weighted by atomic mass is 10.2. The maximum atomic E-state index is 12.2. The summed E-state index contributed by atoms with van der Waals surface area (Å²) in [5.41, 5.74) is 0. The summed E-state index contributed by atoms with van der Waals surface area (Å²) in [5, 5.41) is 21.3. The van der Waals surface area contributed by atoms with Crippen molar-refractivity contribution in [2.45, 2.75) is 38.9 Å². The normalized spacial score (nSPS) is 11.2. The molecule has 0 saturated carbocycles. The molecule has 3 rings (SSSR count). The van der Waals surface area contributed by atoms with E-state index in [-0.39, 0.29) is 11.7 Å². The van der Waals surface area contributed by atoms with Gasteiger partial charge in [-0.15, -0.1) is 20.4 Å². The van der Waals surface area contributed by atoms with Gasteiger partial charge in [-0.25, -0.2) is 0 Å². The summed E-state index contributed by atoms with van der Waals surface area (Å²) in [5.74, 6) is 1.81. The Bertz CT molecular complexity index is 856. The molecule has 10 heteroatoms. The minimum atomic E-state index is -0.146. The first-order valence-corrected chi connectivity index (χ1v) is 10.1. The molecule has 8 nitrogen and oxygen atoms in total. The summed E-state index contributed by atoms with van der Waals surface area (Å²) in [6, 6.07) is 3.67. The van der Waals surface area contributed by atoms with E-state index in [0.29, 0.717) is 27.8 Å². The maximum Gasteiger partial charge on any atom is 0.236 e. The summed E-state index contributed by atoms with van der Waals surface area (Å²) >= 11 is 2.73. The van der Waals surface area contributed by atoms with Gasteiger partial charge in [-0.2, -0.15) is 0 Å². The van der Waals surface area contributed by atoms with Crippen LogP contribution in [-0.4, -0.2) is 36.6 Å². The number of hydrogen-bond donors (Lipinski definition) is 1. The molecule has 3 aromatic rings. The van der Waals surface area contributed by atoms with Crippen LogP contribution in [0.4, 0.5) is 5.13 Å². The van der Waals surface area contributed by atoms with Crippen LogP contribution < -0.4 is 5.32 Å². The predicted molar refractivity (Wildman–Crippen MR) is 101 cm³/mol. The van der Waals surface area contributed by atoms with Gasteiger partial charge >= 0.3 is 0 Å². The highest BCUT2D eigenvalue weighted by Gasteiger charge is 2.18. The number of aryl methyl sites for hydroxylation is 1. The van der Waals surface area contributed by atoms with E-state index in [9.17, 15) is 4.79 Å². The van der Waals surface area contributed by atoms with Crippen LogP contribution in [0.1, 0.15) is 25.8 Å². The molecule has 0 spiro atoms. The Labute approximate surface area is 159 Å². The second-order valence-electron chi connectivity index (χ2n) is 5.98. The van der Waals surface area contributed by atoms with Gasteiger partial charge in [-0.1, -0.05) is 43.9 Å². The van der Waals surface area contributed by atoms with E-state index in [0.717, 1.165) is 18.0 Å². The van der Waals surface area contributed by atoms with Gasteiger partial charge in [0.1, 0.15) is 5.01 Å². The summed E-state index contributed by atoms with van der Waals surface area (Å²) < 4.78 is 7.43. The van der Waals surface area contributed by atoms with Crippen molar-refractivity contribution in [2.24, 2.45) is 5.92 Å². The fraction of sp³-hybridized carbons (Fsp3) is 0.438. The van der Waals surface area contributed by atoms with Crippen LogP contribution in [0.2, 0.25) is 0 Å². The van der Waals surface area contributed by atoms with Crippen molar-refractivity contribution in [2.75, 3.05) is 11.1 Å². The van der Waals surface area contributed by atoms with E-state index in [4.69, 9.17) is 4.42 Å². The lowest BCUT2D eigenvalue weighted by molar-refractivity contribution is -0.113. The molecule has 0 atom stereocenters. The molecule has 0 fully saturated rings. The molecule has 0 aliphatic rings. The SMILES string of the molecule is CCc1nnc(NC(=O)CSc2nnc(-c3ccco3)n2CC(C)C)s1. The van der Waals surface area contributed by atoms with Gasteiger partial charge in [-0.3, -0.25) is 14.7 Å². The Morgan fingerprint density at radius 3 is 2.85 bits per heavy atom. The highest BCUT2D eigenvalue weighted by molar-refractivity contribution is 7.99. The Morgan fingerprint density at radius 2 is 2.19 bits per heavy atom. The molecule has 1 N–H and O–H groups in total. The van der Waals surface area contributed by atoms with Crippen LogP contribution >= 0.6 is 23.1 Å². The van der Waals surface area contributed by atoms with Gasteiger partial charge in [0.2, 0.25) is 11.0 Å². The van der Waals surface area contributed by atoms with E-state index in [1.54, 1.807) is 6.26 Å². The van der Waals surface area contributed by atoms with Gasteiger partial charge in [0.15, 0.2) is 16.7 Å². The fourth-order valence-corrected chi connectivity index (χ4v) is 3.69. The zero-order valence-electron chi connectivity index (χ0n) is 14.8. The Morgan fingerprint density at radius 1 is 1.35 bits per heavy atom. The smallest absolute Gasteiger partial charge is 0.236 e. The Hall–Kier alpha value is -2.20. The van der Waals surface area contributed by atoms with E-state index in [1.165, 1.54) is 23.1 Å². The second-order valence-corrected chi connectivity index (χ2v) is 7.98. The average Bonchev–Trinajstić information content (AvgIpc) is 3.33. The molecule has 1 amide bonds. The van der Waals surface area contributed by atoms with Crippen LogP contribution in [0.3, 0.4) is 0 Å². The third kappa shape index (κ3) is 4.50. The van der Waals surface area contributed by atoms with E-state index >= 15 is 0 Å². The molecule has 0 bridgehead atoms. The van der Waals surface area contributed by atoms with Crippen molar-refractivity contribution in [3.8, 4) is 11.6 Å². The first kappa shape index (κ1) is 18.6. The molecule has 0 saturated heterocycles. The molecular formula is C16H20N6O2S2.